The molecule has 0 spiro atoms. The van der Waals surface area contributed by atoms with E-state index in [4.69, 9.17) is 71.1 Å². The van der Waals surface area contributed by atoms with Crippen LogP contribution in [0.2, 0.25) is 0 Å². The Balaban J connectivity index is 0.947. The first-order chi connectivity index (χ1) is 47.5. The van der Waals surface area contributed by atoms with Gasteiger partial charge in [-0.15, -0.1) is 0 Å². The van der Waals surface area contributed by atoms with Crippen molar-refractivity contribution in [2.45, 2.75) is 260 Å². The van der Waals surface area contributed by atoms with Crippen molar-refractivity contribution < 1.29 is 217 Å². The molecule has 47 heteroatoms. The summed E-state index contributed by atoms with van der Waals surface area (Å²) < 4.78 is 84.0. The molecule has 0 radical (unpaired) electrons. The number of carbonyl (C=O) groups is 7. The van der Waals surface area contributed by atoms with Crippen molar-refractivity contribution >= 4 is 41.6 Å². The Bertz CT molecular complexity index is 2820. The van der Waals surface area contributed by atoms with Gasteiger partial charge in [-0.05, 0) is 0 Å². The third-order valence-corrected chi connectivity index (χ3v) is 17.7. The van der Waals surface area contributed by atoms with Crippen LogP contribution in [0.1, 0.15) is 20.8 Å². The summed E-state index contributed by atoms with van der Waals surface area (Å²) in [5.41, 5.74) is 0. The van der Waals surface area contributed by atoms with Crippen molar-refractivity contribution in [3.8, 4) is 0 Å². The van der Waals surface area contributed by atoms with Crippen LogP contribution in [-0.2, 0) is 105 Å². The molecule has 8 aliphatic heterocycles. The minimum Gasteiger partial charge on any atom is -0.479 e. The highest BCUT2D eigenvalue weighted by molar-refractivity contribution is 5.76. The number of aliphatic carboxylic acids is 4. The van der Waals surface area contributed by atoms with Gasteiger partial charge in [0.1, 0.15) is 171 Å². The summed E-state index contributed by atoms with van der Waals surface area (Å²) >= 11 is 0. The van der Waals surface area contributed by atoms with E-state index in [0.717, 1.165) is 20.8 Å². The third kappa shape index (κ3) is 17.4. The van der Waals surface area contributed by atoms with Crippen molar-refractivity contribution in [3.05, 3.63) is 0 Å². The van der Waals surface area contributed by atoms with E-state index in [1.807, 2.05) is 0 Å². The van der Waals surface area contributed by atoms with Crippen molar-refractivity contribution in [3.63, 3.8) is 0 Å². The monoisotopic (exact) mass is 1480 g/mol. The van der Waals surface area contributed by atoms with Gasteiger partial charge in [0.15, 0.2) is 68.4 Å². The first-order valence-corrected chi connectivity index (χ1v) is 31.0. The number of carbonyl (C=O) groups excluding carboxylic acids is 3. The highest BCUT2D eigenvalue weighted by atomic mass is 16.8. The van der Waals surface area contributed by atoms with Crippen LogP contribution >= 0.6 is 0 Å². The highest BCUT2D eigenvalue weighted by Crippen LogP contribution is 2.39. The number of nitrogens with one attached hydrogen (secondary N) is 3. The molecular formula is C54H83N3O44. The molecule has 8 saturated heterocycles. The van der Waals surface area contributed by atoms with Crippen LogP contribution in [0.4, 0.5) is 0 Å². The predicted octanol–water partition coefficient (Wildman–Crippen LogP) is -17.0. The number of carboxylic acid groups (broad SMARTS) is 4. The van der Waals surface area contributed by atoms with Gasteiger partial charge >= 0.3 is 23.9 Å². The Morgan fingerprint density at radius 1 is 0.257 bits per heavy atom. The number of carboxylic acids is 4. The molecule has 39 atom stereocenters. The first-order valence-electron chi connectivity index (χ1n) is 31.0. The standard InChI is InChI=1S/C54H83N3O44/c1-9(63)55-17-21(67)34(92-51-29(75)24(70)25(71)40(98-51)44(79)80)14(6-60)88-48(17)96-38-27(73)31(77)53(100-42(38)46(83)84)94-36-16(8-62)90-50(19(23(36)69)57-11(3)65)97-39-28(74)32(78)54(101-43(39)47(85)86)93-35-15(7-61)89-49(18(22(35)68)56-10(2)64)95-37-26(72)30(76)52(99-41(37)45(81)82)91-33-13(5-59)87-12(4-58)20(33)66/h12-43,48-54,58-62,66-78H,4-8H2,1-3H3,(H,55,63)(H,56,64)(H,57,65)(H,79,80)(H,81,82)(H,83,84)(H,85,86)/t12-,13-,14-,15-,16-,17-,18-,19-,20-,21-,22-,23-,24+,25+,26-,27-,28-,29-,30-,31-,32-,33-,34-,35-,36-,37+,38+,39+,40+,41+,42+,43+,48-,49-,50-,51-,52-,53-,54-/m1/s1. The molecule has 0 aromatic heterocycles. The molecule has 8 heterocycles. The van der Waals surface area contributed by atoms with E-state index < -0.39 is 314 Å². The minimum atomic E-state index is -2.55. The fourth-order valence-corrected chi connectivity index (χ4v) is 12.6. The van der Waals surface area contributed by atoms with Crippen molar-refractivity contribution in [1.29, 1.82) is 0 Å². The second-order valence-corrected chi connectivity index (χ2v) is 24.6. The fraction of sp³-hybridized carbons (Fsp3) is 0.870. The van der Waals surface area contributed by atoms with E-state index >= 15 is 0 Å². The average molecular weight is 1480 g/mol. The molecule has 0 bridgehead atoms. The molecule has 0 unspecified atom stereocenters. The zero-order valence-corrected chi connectivity index (χ0v) is 52.9. The fourth-order valence-electron chi connectivity index (χ4n) is 12.6. The Morgan fingerprint density at radius 2 is 0.485 bits per heavy atom. The quantitative estimate of drug-likeness (QED) is 0.0382. The zero-order valence-electron chi connectivity index (χ0n) is 52.9. The lowest BCUT2D eigenvalue weighted by Gasteiger charge is -2.50. The normalized spacial score (nSPS) is 47.4. The van der Waals surface area contributed by atoms with Gasteiger partial charge in [0.2, 0.25) is 17.7 Å². The molecular weight excluding hydrogens is 1390 g/mol. The molecule has 578 valence electrons. The third-order valence-electron chi connectivity index (χ3n) is 17.7. The molecule has 0 aromatic carbocycles. The average Bonchev–Trinajstić information content (AvgIpc) is 1.16. The van der Waals surface area contributed by atoms with Crippen LogP contribution in [0.15, 0.2) is 0 Å². The van der Waals surface area contributed by atoms with E-state index in [2.05, 4.69) is 16.0 Å². The van der Waals surface area contributed by atoms with Crippen LogP contribution in [-0.4, -0.2) is 426 Å². The van der Waals surface area contributed by atoms with Gasteiger partial charge in [-0.1, -0.05) is 0 Å². The summed E-state index contributed by atoms with van der Waals surface area (Å²) in [6.45, 7) is -2.59. The molecule has 101 heavy (non-hydrogen) atoms. The summed E-state index contributed by atoms with van der Waals surface area (Å²) in [4.78, 5) is 88.2. The number of ether oxygens (including phenoxy) is 15. The molecule has 0 saturated carbocycles. The second kappa shape index (κ2) is 34.5. The van der Waals surface area contributed by atoms with Crippen LogP contribution in [0.25, 0.3) is 0 Å². The number of hydrogen-bond donors (Lipinski definition) is 25. The van der Waals surface area contributed by atoms with E-state index in [1.165, 1.54) is 0 Å². The Morgan fingerprint density at radius 3 is 0.733 bits per heavy atom. The maximum absolute atomic E-state index is 13.0. The molecule has 3 amide bonds. The van der Waals surface area contributed by atoms with Gasteiger partial charge in [0.25, 0.3) is 0 Å². The van der Waals surface area contributed by atoms with E-state index in [-0.39, 0.29) is 0 Å². The Kier molecular flexibility index (Phi) is 27.9. The smallest absolute Gasteiger partial charge is 0.335 e. The number of amides is 3. The summed E-state index contributed by atoms with van der Waals surface area (Å²) in [5, 5.41) is 244. The predicted molar refractivity (Wildman–Crippen MR) is 300 cm³/mol. The van der Waals surface area contributed by atoms with Crippen molar-refractivity contribution in [1.82, 2.24) is 16.0 Å². The van der Waals surface area contributed by atoms with E-state index in [0.29, 0.717) is 0 Å². The van der Waals surface area contributed by atoms with Crippen LogP contribution in [0.5, 0.6) is 0 Å². The number of rotatable bonds is 26. The summed E-state index contributed by atoms with van der Waals surface area (Å²) in [6.07, 6.45) is -78.6. The minimum absolute atomic E-state index is 0.772. The second-order valence-electron chi connectivity index (χ2n) is 24.6. The molecule has 8 rings (SSSR count). The first kappa shape index (κ1) is 81.6. The number of aliphatic hydroxyl groups is 18. The molecule has 0 aliphatic carbocycles. The van der Waals surface area contributed by atoms with Crippen LogP contribution in [0, 0.1) is 0 Å². The van der Waals surface area contributed by atoms with Gasteiger partial charge in [0, 0.05) is 20.8 Å². The maximum Gasteiger partial charge on any atom is 0.335 e. The summed E-state index contributed by atoms with van der Waals surface area (Å²) in [6, 6.07) is -5.99. The summed E-state index contributed by atoms with van der Waals surface area (Å²) in [7, 11) is 0. The van der Waals surface area contributed by atoms with E-state index in [9.17, 15) is 146 Å². The van der Waals surface area contributed by atoms with Crippen LogP contribution < -0.4 is 16.0 Å². The van der Waals surface area contributed by atoms with Gasteiger partial charge in [-0.25, -0.2) is 19.2 Å². The topological polar surface area (TPSA) is 739 Å². The molecule has 25 N–H and O–H groups in total. The van der Waals surface area contributed by atoms with Crippen molar-refractivity contribution in [2.75, 3.05) is 33.0 Å². The zero-order chi connectivity index (χ0) is 74.8. The highest BCUT2D eigenvalue weighted by Gasteiger charge is 2.62. The van der Waals surface area contributed by atoms with Crippen molar-refractivity contribution in [2.24, 2.45) is 0 Å². The maximum atomic E-state index is 13.0. The Labute approximate surface area is 566 Å². The van der Waals surface area contributed by atoms with Gasteiger partial charge in [-0.3, -0.25) is 14.4 Å². The lowest BCUT2D eigenvalue weighted by atomic mass is 9.93. The SMILES string of the molecule is CC(=O)N[C@H]1[C@@H](O[C@H]2[C@H](O)[C@@H](O)[C@H](O[C@H]3[C@H](O)[C@@H](NC(C)=O)[C@@H](O[C@H]4[C@H](O)[C@@H](O)[C@H](O[C@H]5[C@H](O)[C@@H](NC(C)=O)[C@@H](O[C@H]6[C@H](O)[C@@H](O)[C@H](O[C@H]7[C@H](O)[C@@H](CO)O[C@@H]7CO)O[C@@H]6C(=O)O)O[C@@H]5CO)O[C@@H]4C(=O)O)O[C@@H]3CO)O[C@@H]2C(=O)O)O[C@H](CO)[C@@H](O[C@@H]2O[C@H](C(=O)O)[C@@H](O)[C@H](O)[C@H]2O)[C@@H]1O. The summed E-state index contributed by atoms with van der Waals surface area (Å²) in [5.74, 6) is -10.8. The lowest BCUT2D eigenvalue weighted by Crippen LogP contribution is -2.71. The Hall–Kier alpha value is -5.03. The number of hydrogen-bond acceptors (Lipinski definition) is 40. The largest absolute Gasteiger partial charge is 0.479 e. The molecule has 47 nitrogen and oxygen atoms in total. The van der Waals surface area contributed by atoms with Gasteiger partial charge < -0.3 is 199 Å². The van der Waals surface area contributed by atoms with Gasteiger partial charge in [-0.2, -0.15) is 0 Å². The molecule has 0 aromatic rings. The molecule has 8 aliphatic rings. The van der Waals surface area contributed by atoms with E-state index in [1.54, 1.807) is 0 Å². The van der Waals surface area contributed by atoms with Crippen LogP contribution in [0.3, 0.4) is 0 Å². The van der Waals surface area contributed by atoms with Gasteiger partial charge in [0.05, 0.1) is 33.0 Å². The number of aliphatic hydroxyl groups excluding tert-OH is 18. The molecule has 8 fully saturated rings. The lowest BCUT2D eigenvalue weighted by molar-refractivity contribution is -0.381.